The first-order valence-electron chi connectivity index (χ1n) is 9.74. The quantitative estimate of drug-likeness (QED) is 0.844. The number of piperazine rings is 1. The monoisotopic (exact) mass is 343 g/mol. The molecule has 1 unspecified atom stereocenters. The molecule has 2 aliphatic heterocycles. The van der Waals surface area contributed by atoms with Gasteiger partial charge in [-0.25, -0.2) is 0 Å². The van der Waals surface area contributed by atoms with E-state index >= 15 is 0 Å². The molecule has 1 amide bonds. The number of carbonyl (C=O) groups is 1. The van der Waals surface area contributed by atoms with Gasteiger partial charge in [0, 0.05) is 50.9 Å². The van der Waals surface area contributed by atoms with Crippen molar-refractivity contribution in [1.82, 2.24) is 14.7 Å². The Balaban J connectivity index is 1.57. The molecule has 0 aromatic heterocycles. The van der Waals surface area contributed by atoms with E-state index in [1.807, 2.05) is 17.0 Å². The van der Waals surface area contributed by atoms with Gasteiger partial charge in [0.1, 0.15) is 0 Å². The summed E-state index contributed by atoms with van der Waals surface area (Å²) in [5, 5.41) is 0. The van der Waals surface area contributed by atoms with E-state index in [4.69, 9.17) is 0 Å². The number of hydrogen-bond donors (Lipinski definition) is 0. The summed E-state index contributed by atoms with van der Waals surface area (Å²) in [6, 6.07) is 8.74. The van der Waals surface area contributed by atoms with Gasteiger partial charge in [0.15, 0.2) is 0 Å². The van der Waals surface area contributed by atoms with Crippen molar-refractivity contribution < 1.29 is 4.79 Å². The van der Waals surface area contributed by atoms with Gasteiger partial charge in [0.25, 0.3) is 5.91 Å². The number of benzene rings is 1. The molecule has 2 saturated heterocycles. The predicted molar refractivity (Wildman–Crippen MR) is 103 cm³/mol. The van der Waals surface area contributed by atoms with Gasteiger partial charge in [-0.15, -0.1) is 0 Å². The molecular weight excluding hydrogens is 310 g/mol. The van der Waals surface area contributed by atoms with Crippen LogP contribution < -0.4 is 0 Å². The molecule has 0 bridgehead atoms. The minimum absolute atomic E-state index is 0.126. The largest absolute Gasteiger partial charge is 0.337 e. The van der Waals surface area contributed by atoms with Crippen molar-refractivity contribution in [3.8, 4) is 0 Å². The summed E-state index contributed by atoms with van der Waals surface area (Å²) >= 11 is 0. The number of rotatable bonds is 3. The van der Waals surface area contributed by atoms with Crippen molar-refractivity contribution in [3.05, 3.63) is 35.4 Å². The van der Waals surface area contributed by atoms with Crippen LogP contribution in [0.3, 0.4) is 0 Å². The Morgan fingerprint density at radius 2 is 1.68 bits per heavy atom. The smallest absolute Gasteiger partial charge is 0.253 e. The zero-order valence-corrected chi connectivity index (χ0v) is 16.3. The number of amides is 1. The summed E-state index contributed by atoms with van der Waals surface area (Å²) in [4.78, 5) is 20.0. The molecular formula is C21H33N3O. The van der Waals surface area contributed by atoms with E-state index in [0.29, 0.717) is 6.04 Å². The maximum Gasteiger partial charge on any atom is 0.253 e. The molecule has 0 radical (unpaired) electrons. The highest BCUT2D eigenvalue weighted by Crippen LogP contribution is 2.24. The van der Waals surface area contributed by atoms with E-state index in [9.17, 15) is 4.79 Å². The Kier molecular flexibility index (Phi) is 5.49. The van der Waals surface area contributed by atoms with Crippen molar-refractivity contribution in [2.24, 2.45) is 0 Å². The minimum atomic E-state index is 0.126. The van der Waals surface area contributed by atoms with Gasteiger partial charge in [-0.2, -0.15) is 0 Å². The lowest BCUT2D eigenvalue weighted by atomic mass is 9.86. The van der Waals surface area contributed by atoms with E-state index in [2.05, 4.69) is 49.6 Å². The summed E-state index contributed by atoms with van der Waals surface area (Å²) in [6.07, 6.45) is 1.11. The van der Waals surface area contributed by atoms with Crippen LogP contribution in [0.2, 0.25) is 0 Å². The maximum atomic E-state index is 12.8. The topological polar surface area (TPSA) is 26.8 Å². The molecule has 0 saturated carbocycles. The molecule has 138 valence electrons. The van der Waals surface area contributed by atoms with Crippen LogP contribution in [0.25, 0.3) is 0 Å². The highest BCUT2D eigenvalue weighted by molar-refractivity contribution is 5.94. The summed E-state index contributed by atoms with van der Waals surface area (Å²) in [7, 11) is 0. The molecule has 2 aliphatic rings. The molecule has 1 atom stereocenters. The lowest BCUT2D eigenvalue weighted by Crippen LogP contribution is -2.51. The fourth-order valence-electron chi connectivity index (χ4n) is 3.96. The van der Waals surface area contributed by atoms with E-state index < -0.39 is 0 Å². The third-order valence-corrected chi connectivity index (χ3v) is 5.82. The van der Waals surface area contributed by atoms with Gasteiger partial charge in [-0.3, -0.25) is 9.69 Å². The van der Waals surface area contributed by atoms with Crippen LogP contribution in [0.4, 0.5) is 0 Å². The maximum absolute atomic E-state index is 12.8. The van der Waals surface area contributed by atoms with Gasteiger partial charge >= 0.3 is 0 Å². The Hall–Kier alpha value is -1.39. The number of hydrogen-bond acceptors (Lipinski definition) is 3. The Labute approximate surface area is 152 Å². The number of carbonyl (C=O) groups excluding carboxylic acids is 1. The molecule has 4 nitrogen and oxygen atoms in total. The first-order valence-corrected chi connectivity index (χ1v) is 9.74. The van der Waals surface area contributed by atoms with Gasteiger partial charge < -0.3 is 9.80 Å². The molecule has 2 fully saturated rings. The standard InChI is InChI=1S/C21H33N3O/c1-5-22-12-14-23(15-13-22)19-10-11-24(16-19)20(25)17-6-8-18(9-7-17)21(2,3)4/h6-9,19H,5,10-16H2,1-4H3. The average molecular weight is 344 g/mol. The predicted octanol–water partition coefficient (Wildman–Crippen LogP) is 2.84. The van der Waals surface area contributed by atoms with Gasteiger partial charge in [0.2, 0.25) is 0 Å². The fourth-order valence-corrected chi connectivity index (χ4v) is 3.96. The minimum Gasteiger partial charge on any atom is -0.337 e. The van der Waals surface area contributed by atoms with E-state index in [1.54, 1.807) is 0 Å². The van der Waals surface area contributed by atoms with Crippen LogP contribution in [0.5, 0.6) is 0 Å². The van der Waals surface area contributed by atoms with E-state index in [1.165, 1.54) is 5.56 Å². The zero-order valence-electron chi connectivity index (χ0n) is 16.3. The Bertz CT molecular complexity index is 582. The second-order valence-corrected chi connectivity index (χ2v) is 8.49. The van der Waals surface area contributed by atoms with Crippen LogP contribution in [-0.4, -0.2) is 72.5 Å². The summed E-state index contributed by atoms with van der Waals surface area (Å²) in [5.41, 5.74) is 2.22. The molecule has 3 rings (SSSR count). The Morgan fingerprint density at radius 1 is 1.04 bits per heavy atom. The lowest BCUT2D eigenvalue weighted by Gasteiger charge is -2.37. The highest BCUT2D eigenvalue weighted by Gasteiger charge is 2.32. The van der Waals surface area contributed by atoms with Crippen molar-refractivity contribution in [3.63, 3.8) is 0 Å². The molecule has 0 aliphatic carbocycles. The fraction of sp³-hybridized carbons (Fsp3) is 0.667. The molecule has 2 heterocycles. The lowest BCUT2D eigenvalue weighted by molar-refractivity contribution is 0.0745. The van der Waals surface area contributed by atoms with Crippen molar-refractivity contribution in [2.45, 2.75) is 45.6 Å². The Morgan fingerprint density at radius 3 is 2.24 bits per heavy atom. The van der Waals surface area contributed by atoms with E-state index in [-0.39, 0.29) is 11.3 Å². The summed E-state index contributed by atoms with van der Waals surface area (Å²) in [5.74, 6) is 0.190. The highest BCUT2D eigenvalue weighted by atomic mass is 16.2. The summed E-state index contributed by atoms with van der Waals surface area (Å²) in [6.45, 7) is 16.4. The van der Waals surface area contributed by atoms with E-state index in [0.717, 1.165) is 57.8 Å². The molecule has 1 aromatic rings. The number of likely N-dealkylation sites (N-methyl/N-ethyl adjacent to an activating group) is 1. The van der Waals surface area contributed by atoms with Gasteiger partial charge in [-0.1, -0.05) is 39.8 Å². The molecule has 1 aromatic carbocycles. The second-order valence-electron chi connectivity index (χ2n) is 8.49. The molecule has 0 N–H and O–H groups in total. The third kappa shape index (κ3) is 4.24. The first kappa shape index (κ1) is 18.4. The number of likely N-dealkylation sites (tertiary alicyclic amines) is 1. The van der Waals surface area contributed by atoms with Gasteiger partial charge in [0.05, 0.1) is 0 Å². The van der Waals surface area contributed by atoms with Crippen LogP contribution in [0.15, 0.2) is 24.3 Å². The van der Waals surface area contributed by atoms with Crippen LogP contribution in [-0.2, 0) is 5.41 Å². The first-order chi connectivity index (χ1) is 11.9. The van der Waals surface area contributed by atoms with Crippen molar-refractivity contribution in [2.75, 3.05) is 45.8 Å². The van der Waals surface area contributed by atoms with Crippen LogP contribution >= 0.6 is 0 Å². The van der Waals surface area contributed by atoms with Crippen LogP contribution in [0.1, 0.15) is 50.0 Å². The third-order valence-electron chi connectivity index (χ3n) is 5.82. The molecule has 4 heteroatoms. The number of nitrogens with zero attached hydrogens (tertiary/aromatic N) is 3. The normalized spacial score (nSPS) is 23.2. The molecule has 25 heavy (non-hydrogen) atoms. The molecule has 0 spiro atoms. The van der Waals surface area contributed by atoms with Crippen LogP contribution in [0, 0.1) is 0 Å². The SMILES string of the molecule is CCN1CCN(C2CCN(C(=O)c3ccc(C(C)(C)C)cc3)C2)CC1. The summed E-state index contributed by atoms with van der Waals surface area (Å²) < 4.78 is 0. The van der Waals surface area contributed by atoms with Crippen molar-refractivity contribution in [1.29, 1.82) is 0 Å². The zero-order chi connectivity index (χ0) is 18.0. The second kappa shape index (κ2) is 7.46. The van der Waals surface area contributed by atoms with Gasteiger partial charge in [-0.05, 0) is 36.1 Å². The average Bonchev–Trinajstić information content (AvgIpc) is 3.10. The van der Waals surface area contributed by atoms with Crippen molar-refractivity contribution >= 4 is 5.91 Å².